The first-order valence-corrected chi connectivity index (χ1v) is 2.96. The zero-order valence-electron chi connectivity index (χ0n) is 4.89. The molecule has 0 amide bonds. The Morgan fingerprint density at radius 3 is 3.00 bits per heavy atom. The molecule has 1 aliphatic heterocycles. The van der Waals surface area contributed by atoms with Gasteiger partial charge in [0.1, 0.15) is 0 Å². The Kier molecular flexibility index (Phi) is 2.27. The van der Waals surface area contributed by atoms with Crippen LogP contribution in [0.5, 0.6) is 0 Å². The van der Waals surface area contributed by atoms with Gasteiger partial charge in [-0.1, -0.05) is 0 Å². The van der Waals surface area contributed by atoms with Crippen LogP contribution in [-0.2, 0) is 4.74 Å². The van der Waals surface area contributed by atoms with Crippen LogP contribution in [-0.4, -0.2) is 32.3 Å². The molecule has 0 aliphatic carbocycles. The van der Waals surface area contributed by atoms with Crippen molar-refractivity contribution in [2.45, 2.75) is 6.10 Å². The van der Waals surface area contributed by atoms with E-state index in [9.17, 15) is 0 Å². The van der Waals surface area contributed by atoms with Gasteiger partial charge in [-0.05, 0) is 0 Å². The molecule has 8 heavy (non-hydrogen) atoms. The highest BCUT2D eigenvalue weighted by molar-refractivity contribution is 4.66. The maximum atomic E-state index is 5.34. The summed E-state index contributed by atoms with van der Waals surface area (Å²) < 4.78 is 5.24. The highest BCUT2D eigenvalue weighted by Crippen LogP contribution is 1.91. The van der Waals surface area contributed by atoms with Crippen molar-refractivity contribution in [3.63, 3.8) is 0 Å². The minimum atomic E-state index is 0.253. The van der Waals surface area contributed by atoms with Crippen LogP contribution in [0.3, 0.4) is 0 Å². The van der Waals surface area contributed by atoms with E-state index in [1.165, 1.54) is 0 Å². The Balaban J connectivity index is 2.13. The van der Waals surface area contributed by atoms with E-state index >= 15 is 0 Å². The molecule has 1 aliphatic rings. The van der Waals surface area contributed by atoms with Gasteiger partial charge < -0.3 is 15.8 Å². The molecule has 1 saturated heterocycles. The van der Waals surface area contributed by atoms with Crippen molar-refractivity contribution >= 4 is 0 Å². The first-order chi connectivity index (χ1) is 3.93. The lowest BCUT2D eigenvalue weighted by molar-refractivity contribution is 0.0346. The second-order valence-electron chi connectivity index (χ2n) is 1.93. The van der Waals surface area contributed by atoms with Crippen molar-refractivity contribution in [3.8, 4) is 0 Å². The summed E-state index contributed by atoms with van der Waals surface area (Å²) in [7, 11) is 0. The van der Waals surface area contributed by atoms with Crippen LogP contribution in [0.15, 0.2) is 0 Å². The van der Waals surface area contributed by atoms with Crippen LogP contribution >= 0.6 is 0 Å². The molecule has 1 heterocycles. The topological polar surface area (TPSA) is 47.3 Å². The first-order valence-electron chi connectivity index (χ1n) is 2.96. The highest BCUT2D eigenvalue weighted by atomic mass is 16.5. The van der Waals surface area contributed by atoms with E-state index < -0.39 is 0 Å². The fourth-order valence-electron chi connectivity index (χ4n) is 0.771. The highest BCUT2D eigenvalue weighted by Gasteiger charge is 2.09. The van der Waals surface area contributed by atoms with E-state index in [2.05, 4.69) is 5.32 Å². The van der Waals surface area contributed by atoms with E-state index in [-0.39, 0.29) is 6.10 Å². The number of nitrogens with one attached hydrogen (secondary N) is 1. The minimum absolute atomic E-state index is 0.253. The molecule has 0 aromatic carbocycles. The van der Waals surface area contributed by atoms with Crippen molar-refractivity contribution in [2.24, 2.45) is 5.73 Å². The van der Waals surface area contributed by atoms with Crippen LogP contribution in [0.25, 0.3) is 0 Å². The molecule has 3 N–H and O–H groups in total. The third kappa shape index (κ3) is 1.43. The lowest BCUT2D eigenvalue weighted by atomic mass is 10.3. The lowest BCUT2D eigenvalue weighted by Gasteiger charge is -2.21. The molecule has 3 heteroatoms. The molecule has 0 aromatic rings. The fraction of sp³-hybridized carbons (Fsp3) is 1.00. The average Bonchev–Trinajstić information content (AvgIpc) is 1.90. The summed E-state index contributed by atoms with van der Waals surface area (Å²) in [5.74, 6) is 0. The molecule has 1 rings (SSSR count). The maximum Gasteiger partial charge on any atom is 0.0822 e. The standard InChI is InChI=1S/C5H12N2O/c6-3-5-4-7-1-2-8-5/h5,7H,1-4,6H2/t5-/m1/s1. The van der Waals surface area contributed by atoms with E-state index in [0.29, 0.717) is 6.54 Å². The summed E-state index contributed by atoms with van der Waals surface area (Å²) in [5, 5.41) is 3.18. The molecule has 3 nitrogen and oxygen atoms in total. The zero-order valence-corrected chi connectivity index (χ0v) is 4.89. The lowest BCUT2D eigenvalue weighted by Crippen LogP contribution is -2.42. The van der Waals surface area contributed by atoms with Crippen LogP contribution in [0.2, 0.25) is 0 Å². The van der Waals surface area contributed by atoms with E-state index in [4.69, 9.17) is 10.5 Å². The van der Waals surface area contributed by atoms with Crippen molar-refractivity contribution in [3.05, 3.63) is 0 Å². The van der Waals surface area contributed by atoms with Crippen molar-refractivity contribution < 1.29 is 4.74 Å². The Labute approximate surface area is 49.2 Å². The molecule has 0 unspecified atom stereocenters. The Hall–Kier alpha value is -0.120. The van der Waals surface area contributed by atoms with Crippen molar-refractivity contribution in [1.29, 1.82) is 0 Å². The quantitative estimate of drug-likeness (QED) is 0.459. The summed E-state index contributed by atoms with van der Waals surface area (Å²) in [6, 6.07) is 0. The average molecular weight is 116 g/mol. The smallest absolute Gasteiger partial charge is 0.0822 e. The minimum Gasteiger partial charge on any atom is -0.374 e. The van der Waals surface area contributed by atoms with E-state index in [1.807, 2.05) is 0 Å². The van der Waals surface area contributed by atoms with Gasteiger partial charge in [0, 0.05) is 19.6 Å². The summed E-state index contributed by atoms with van der Waals surface area (Å²) in [6.45, 7) is 3.32. The van der Waals surface area contributed by atoms with E-state index in [0.717, 1.165) is 19.7 Å². The molecular formula is C5H12N2O. The SMILES string of the molecule is NC[C@@H]1CNCCO1. The van der Waals surface area contributed by atoms with Crippen molar-refractivity contribution in [2.75, 3.05) is 26.2 Å². The maximum absolute atomic E-state index is 5.34. The summed E-state index contributed by atoms with van der Waals surface area (Å²) >= 11 is 0. The predicted molar refractivity (Wildman–Crippen MR) is 31.7 cm³/mol. The van der Waals surface area contributed by atoms with Gasteiger partial charge in [-0.15, -0.1) is 0 Å². The monoisotopic (exact) mass is 116 g/mol. The molecular weight excluding hydrogens is 104 g/mol. The van der Waals surface area contributed by atoms with Gasteiger partial charge in [-0.2, -0.15) is 0 Å². The fourth-order valence-corrected chi connectivity index (χ4v) is 0.771. The molecule has 0 radical (unpaired) electrons. The molecule has 0 spiro atoms. The summed E-state index contributed by atoms with van der Waals surface area (Å²) in [6.07, 6.45) is 0.253. The van der Waals surface area contributed by atoms with Gasteiger partial charge in [-0.3, -0.25) is 0 Å². The van der Waals surface area contributed by atoms with Gasteiger partial charge in [0.25, 0.3) is 0 Å². The first kappa shape index (κ1) is 6.01. The van der Waals surface area contributed by atoms with E-state index in [1.54, 1.807) is 0 Å². The Bertz CT molecular complexity index is 61.4. The zero-order chi connectivity index (χ0) is 5.82. The second kappa shape index (κ2) is 3.02. The van der Waals surface area contributed by atoms with Gasteiger partial charge in [0.2, 0.25) is 0 Å². The number of morpholine rings is 1. The number of ether oxygens (including phenoxy) is 1. The Morgan fingerprint density at radius 2 is 2.62 bits per heavy atom. The number of hydrogen-bond donors (Lipinski definition) is 2. The molecule has 0 aromatic heterocycles. The third-order valence-corrected chi connectivity index (χ3v) is 1.27. The number of nitrogens with two attached hydrogens (primary N) is 1. The normalized spacial score (nSPS) is 30.4. The molecule has 0 bridgehead atoms. The van der Waals surface area contributed by atoms with Gasteiger partial charge in [-0.25, -0.2) is 0 Å². The van der Waals surface area contributed by atoms with Crippen LogP contribution in [0.1, 0.15) is 0 Å². The molecule has 1 fully saturated rings. The van der Waals surface area contributed by atoms with Crippen LogP contribution in [0, 0.1) is 0 Å². The molecule has 1 atom stereocenters. The number of hydrogen-bond acceptors (Lipinski definition) is 3. The molecule has 48 valence electrons. The summed E-state index contributed by atoms with van der Waals surface area (Å²) in [5.41, 5.74) is 5.34. The predicted octanol–water partition coefficient (Wildman–Crippen LogP) is -1.07. The second-order valence-corrected chi connectivity index (χ2v) is 1.93. The molecule has 0 saturated carbocycles. The third-order valence-electron chi connectivity index (χ3n) is 1.27. The van der Waals surface area contributed by atoms with Crippen LogP contribution in [0.4, 0.5) is 0 Å². The van der Waals surface area contributed by atoms with Crippen molar-refractivity contribution in [1.82, 2.24) is 5.32 Å². The van der Waals surface area contributed by atoms with Gasteiger partial charge in [0.05, 0.1) is 12.7 Å². The summed E-state index contributed by atoms with van der Waals surface area (Å²) in [4.78, 5) is 0. The number of rotatable bonds is 1. The van der Waals surface area contributed by atoms with Crippen LogP contribution < -0.4 is 11.1 Å². The Morgan fingerprint density at radius 1 is 1.75 bits per heavy atom. The van der Waals surface area contributed by atoms with Gasteiger partial charge >= 0.3 is 0 Å². The largest absolute Gasteiger partial charge is 0.374 e. The van der Waals surface area contributed by atoms with Gasteiger partial charge in [0.15, 0.2) is 0 Å².